The largest absolute Gasteiger partial charge is 0.496 e. The fourth-order valence-electron chi connectivity index (χ4n) is 2.76. The number of benzene rings is 1. The number of hydrogen-bond donors (Lipinski definition) is 2. The van der Waals surface area contributed by atoms with Gasteiger partial charge in [-0.25, -0.2) is 4.39 Å². The van der Waals surface area contributed by atoms with Crippen molar-refractivity contribution in [3.63, 3.8) is 0 Å². The minimum atomic E-state index is -0.724. The van der Waals surface area contributed by atoms with Crippen LogP contribution in [0, 0.1) is 5.82 Å². The highest BCUT2D eigenvalue weighted by molar-refractivity contribution is 7.80. The Morgan fingerprint density at radius 1 is 1.38 bits per heavy atom. The van der Waals surface area contributed by atoms with Gasteiger partial charge >= 0.3 is 0 Å². The van der Waals surface area contributed by atoms with E-state index in [-0.39, 0.29) is 16.3 Å². The molecule has 21 heavy (non-hydrogen) atoms. The maximum atomic E-state index is 14.0. The lowest BCUT2D eigenvalue weighted by molar-refractivity contribution is 0.0901. The Hall–Kier alpha value is -1.69. The first-order valence-electron chi connectivity index (χ1n) is 6.95. The van der Waals surface area contributed by atoms with E-state index in [2.05, 4.69) is 5.32 Å². The van der Waals surface area contributed by atoms with Crippen molar-refractivity contribution in [2.24, 2.45) is 5.73 Å². The lowest BCUT2D eigenvalue weighted by Gasteiger charge is -2.37. The molecule has 4 nitrogen and oxygen atoms in total. The van der Waals surface area contributed by atoms with Crippen molar-refractivity contribution < 1.29 is 13.9 Å². The van der Waals surface area contributed by atoms with E-state index in [1.165, 1.54) is 19.2 Å². The van der Waals surface area contributed by atoms with E-state index < -0.39 is 17.3 Å². The van der Waals surface area contributed by atoms with Crippen LogP contribution < -0.4 is 15.8 Å². The number of rotatable bonds is 4. The predicted octanol–water partition coefficient (Wildman–Crippen LogP) is 2.55. The summed E-state index contributed by atoms with van der Waals surface area (Å²) in [6, 6.07) is 4.27. The molecule has 6 heteroatoms. The van der Waals surface area contributed by atoms with Crippen LogP contribution in [0.15, 0.2) is 18.2 Å². The molecule has 0 saturated heterocycles. The molecule has 1 amide bonds. The number of carbonyl (C=O) groups is 1. The van der Waals surface area contributed by atoms with Gasteiger partial charge in [0.05, 0.1) is 17.6 Å². The van der Waals surface area contributed by atoms with Gasteiger partial charge in [0.15, 0.2) is 0 Å². The van der Waals surface area contributed by atoms with Crippen molar-refractivity contribution in [1.82, 2.24) is 5.32 Å². The standard InChI is InChI=1S/C15H19FN2O2S/c1-20-11-7-5-6-10(16)12(11)13(19)18-15(14(17)21)8-3-2-4-9-15/h5-7H,2-4,8-9H2,1H3,(H2,17,21)(H,18,19). The molecule has 0 radical (unpaired) electrons. The summed E-state index contributed by atoms with van der Waals surface area (Å²) in [5.74, 6) is -0.971. The summed E-state index contributed by atoms with van der Waals surface area (Å²) in [5, 5.41) is 2.84. The number of amides is 1. The number of nitrogens with two attached hydrogens (primary N) is 1. The highest BCUT2D eigenvalue weighted by Gasteiger charge is 2.37. The molecule has 1 aromatic rings. The Kier molecular flexibility index (Phi) is 4.77. The van der Waals surface area contributed by atoms with Crippen LogP contribution in [-0.2, 0) is 0 Å². The summed E-state index contributed by atoms with van der Waals surface area (Å²) in [6.45, 7) is 0. The van der Waals surface area contributed by atoms with E-state index in [9.17, 15) is 9.18 Å². The van der Waals surface area contributed by atoms with Gasteiger partial charge in [-0.1, -0.05) is 37.5 Å². The topological polar surface area (TPSA) is 64.3 Å². The fraction of sp³-hybridized carbons (Fsp3) is 0.467. The van der Waals surface area contributed by atoms with E-state index in [0.29, 0.717) is 12.8 Å². The zero-order chi connectivity index (χ0) is 15.5. The van der Waals surface area contributed by atoms with Crippen LogP contribution in [0.3, 0.4) is 0 Å². The summed E-state index contributed by atoms with van der Waals surface area (Å²) in [4.78, 5) is 12.7. The lowest BCUT2D eigenvalue weighted by Crippen LogP contribution is -2.57. The predicted molar refractivity (Wildman–Crippen MR) is 83.0 cm³/mol. The zero-order valence-corrected chi connectivity index (χ0v) is 12.8. The first kappa shape index (κ1) is 15.7. The molecule has 1 aliphatic carbocycles. The average Bonchev–Trinajstić information content (AvgIpc) is 2.47. The molecule has 1 saturated carbocycles. The number of ether oxygens (including phenoxy) is 1. The molecule has 114 valence electrons. The van der Waals surface area contributed by atoms with Crippen molar-refractivity contribution in [3.05, 3.63) is 29.6 Å². The molecule has 0 unspecified atom stereocenters. The smallest absolute Gasteiger partial charge is 0.258 e. The van der Waals surface area contributed by atoms with Crippen LogP contribution in [0.4, 0.5) is 4.39 Å². The number of carbonyl (C=O) groups excluding carboxylic acids is 1. The molecule has 1 aromatic carbocycles. The second-order valence-electron chi connectivity index (χ2n) is 5.28. The van der Waals surface area contributed by atoms with E-state index in [1.807, 2.05) is 0 Å². The molecule has 0 spiro atoms. The van der Waals surface area contributed by atoms with Crippen molar-refractivity contribution >= 4 is 23.1 Å². The van der Waals surface area contributed by atoms with Crippen LogP contribution in [0.5, 0.6) is 5.75 Å². The number of methoxy groups -OCH3 is 1. The lowest BCUT2D eigenvalue weighted by atomic mass is 9.81. The quantitative estimate of drug-likeness (QED) is 0.839. The Morgan fingerprint density at radius 3 is 2.62 bits per heavy atom. The monoisotopic (exact) mass is 310 g/mol. The van der Waals surface area contributed by atoms with E-state index >= 15 is 0 Å². The van der Waals surface area contributed by atoms with Gasteiger partial charge in [-0.15, -0.1) is 0 Å². The van der Waals surface area contributed by atoms with Gasteiger partial charge in [0.1, 0.15) is 17.1 Å². The second-order valence-corrected chi connectivity index (χ2v) is 5.72. The molecule has 2 rings (SSSR count). The van der Waals surface area contributed by atoms with Crippen LogP contribution >= 0.6 is 12.2 Å². The zero-order valence-electron chi connectivity index (χ0n) is 11.9. The second kappa shape index (κ2) is 6.39. The average molecular weight is 310 g/mol. The maximum Gasteiger partial charge on any atom is 0.258 e. The molecule has 0 aliphatic heterocycles. The number of hydrogen-bond acceptors (Lipinski definition) is 3. The Labute approximate surface area is 128 Å². The molecule has 0 heterocycles. The first-order valence-corrected chi connectivity index (χ1v) is 7.36. The fourth-order valence-corrected chi connectivity index (χ4v) is 3.02. The summed E-state index contributed by atoms with van der Waals surface area (Å²) in [5.41, 5.74) is 4.99. The molecule has 0 atom stereocenters. The third-order valence-corrected chi connectivity index (χ3v) is 4.34. The third kappa shape index (κ3) is 3.15. The van der Waals surface area contributed by atoms with Crippen LogP contribution in [0.2, 0.25) is 0 Å². The summed E-state index contributed by atoms with van der Waals surface area (Å²) in [7, 11) is 1.40. The minimum Gasteiger partial charge on any atom is -0.496 e. The van der Waals surface area contributed by atoms with Gasteiger partial charge in [0.25, 0.3) is 5.91 Å². The van der Waals surface area contributed by atoms with E-state index in [0.717, 1.165) is 19.3 Å². The number of thiocarbonyl (C=S) groups is 1. The van der Waals surface area contributed by atoms with Gasteiger partial charge < -0.3 is 15.8 Å². The number of nitrogens with one attached hydrogen (secondary N) is 1. The van der Waals surface area contributed by atoms with Gasteiger partial charge in [-0.2, -0.15) is 0 Å². The first-order chi connectivity index (χ1) is 10.00. The van der Waals surface area contributed by atoms with Crippen LogP contribution in [0.1, 0.15) is 42.5 Å². The Balaban J connectivity index is 2.30. The molecule has 0 aromatic heterocycles. The highest BCUT2D eigenvalue weighted by atomic mass is 32.1. The van der Waals surface area contributed by atoms with E-state index in [4.69, 9.17) is 22.7 Å². The van der Waals surface area contributed by atoms with Gasteiger partial charge in [0.2, 0.25) is 0 Å². The van der Waals surface area contributed by atoms with Crippen LogP contribution in [-0.4, -0.2) is 23.5 Å². The third-order valence-electron chi connectivity index (χ3n) is 3.95. The Morgan fingerprint density at radius 2 is 2.05 bits per heavy atom. The molecule has 1 fully saturated rings. The molecular formula is C15H19FN2O2S. The molecular weight excluding hydrogens is 291 g/mol. The van der Waals surface area contributed by atoms with Gasteiger partial charge in [-0.3, -0.25) is 4.79 Å². The van der Waals surface area contributed by atoms with E-state index in [1.54, 1.807) is 6.07 Å². The maximum absolute atomic E-state index is 14.0. The van der Waals surface area contributed by atoms with Crippen molar-refractivity contribution in [2.45, 2.75) is 37.6 Å². The van der Waals surface area contributed by atoms with Gasteiger partial charge in [-0.05, 0) is 25.0 Å². The highest BCUT2D eigenvalue weighted by Crippen LogP contribution is 2.30. The molecule has 0 bridgehead atoms. The van der Waals surface area contributed by atoms with Crippen molar-refractivity contribution in [3.8, 4) is 5.75 Å². The number of halogens is 1. The Bertz CT molecular complexity index is 557. The van der Waals surface area contributed by atoms with Crippen molar-refractivity contribution in [1.29, 1.82) is 0 Å². The van der Waals surface area contributed by atoms with Crippen molar-refractivity contribution in [2.75, 3.05) is 7.11 Å². The summed E-state index contributed by atoms with van der Waals surface area (Å²) < 4.78 is 19.0. The molecule has 3 N–H and O–H groups in total. The summed E-state index contributed by atoms with van der Waals surface area (Å²) >= 11 is 5.13. The van der Waals surface area contributed by atoms with Crippen LogP contribution in [0.25, 0.3) is 0 Å². The SMILES string of the molecule is COc1cccc(F)c1C(=O)NC1(C(N)=S)CCCCC1. The molecule has 1 aliphatic rings. The van der Waals surface area contributed by atoms with Gasteiger partial charge in [0, 0.05) is 0 Å². The normalized spacial score (nSPS) is 17.0. The summed E-state index contributed by atoms with van der Waals surface area (Å²) in [6.07, 6.45) is 4.33. The minimum absolute atomic E-state index is 0.110.